The third-order valence-corrected chi connectivity index (χ3v) is 6.33. The summed E-state index contributed by atoms with van der Waals surface area (Å²) in [5.41, 5.74) is 4.91. The molecule has 0 spiro atoms. The fourth-order valence-corrected chi connectivity index (χ4v) is 4.29. The number of benzene rings is 3. The van der Waals surface area contributed by atoms with Gasteiger partial charge in [-0.25, -0.2) is 5.43 Å². The van der Waals surface area contributed by atoms with Crippen molar-refractivity contribution in [3.8, 4) is 34.3 Å². The van der Waals surface area contributed by atoms with E-state index < -0.39 is 0 Å². The fourth-order valence-electron chi connectivity index (χ4n) is 3.41. The summed E-state index contributed by atoms with van der Waals surface area (Å²) >= 11 is 7.33. The molecule has 37 heavy (non-hydrogen) atoms. The predicted octanol–water partition coefficient (Wildman–Crippen LogP) is 4.36. The number of aromatic amines is 1. The van der Waals surface area contributed by atoms with Crippen molar-refractivity contribution in [3.63, 3.8) is 0 Å². The first-order valence-electron chi connectivity index (χ1n) is 11.3. The average Bonchev–Trinajstić information content (AvgIpc) is 3.33. The quantitative estimate of drug-likeness (QED) is 0.120. The number of H-pyrrole nitrogens is 1. The molecule has 0 atom stereocenters. The van der Waals surface area contributed by atoms with Gasteiger partial charge in [0.15, 0.2) is 11.5 Å². The van der Waals surface area contributed by atoms with Gasteiger partial charge in [-0.1, -0.05) is 11.6 Å². The molecule has 11 heteroatoms. The zero-order chi connectivity index (χ0) is 26.2. The van der Waals surface area contributed by atoms with Crippen LogP contribution < -0.4 is 19.5 Å². The summed E-state index contributed by atoms with van der Waals surface area (Å²) in [5.74, 6) is 1.63. The molecule has 1 heterocycles. The van der Waals surface area contributed by atoms with Gasteiger partial charge >= 0.3 is 5.16 Å². The Morgan fingerprint density at radius 3 is 2.65 bits per heavy atom. The van der Waals surface area contributed by atoms with Crippen LogP contribution in [-0.4, -0.2) is 46.9 Å². The number of hydrogen-bond acceptors (Lipinski definition) is 7. The topological polar surface area (TPSA) is 113 Å². The van der Waals surface area contributed by atoms with Crippen molar-refractivity contribution >= 4 is 35.5 Å². The molecule has 4 aromatic rings. The summed E-state index contributed by atoms with van der Waals surface area (Å²) in [7, 11) is 1.46. The van der Waals surface area contributed by atoms with Crippen molar-refractivity contribution in [1.82, 2.24) is 15.6 Å². The second-order valence-electron chi connectivity index (χ2n) is 7.64. The Hall–Kier alpha value is -4.02. The zero-order valence-corrected chi connectivity index (χ0v) is 21.7. The molecule has 0 fully saturated rings. The van der Waals surface area contributed by atoms with Crippen LogP contribution in [0.2, 0.25) is 5.02 Å². The molecule has 0 aliphatic heterocycles. The lowest BCUT2D eigenvalue weighted by molar-refractivity contribution is -0.625. The van der Waals surface area contributed by atoms with Gasteiger partial charge in [0.1, 0.15) is 11.4 Å². The molecule has 0 radical (unpaired) electrons. The van der Waals surface area contributed by atoms with Crippen LogP contribution in [0.25, 0.3) is 17.1 Å². The summed E-state index contributed by atoms with van der Waals surface area (Å²) in [5, 5.41) is 22.4. The largest absolute Gasteiger partial charge is 0.504 e. The van der Waals surface area contributed by atoms with E-state index in [1.165, 1.54) is 31.2 Å². The summed E-state index contributed by atoms with van der Waals surface area (Å²) < 4.78 is 12.6. The second-order valence-corrected chi connectivity index (χ2v) is 9.02. The molecule has 1 amide bonds. The second kappa shape index (κ2) is 12.3. The lowest BCUT2D eigenvalue weighted by Crippen LogP contribution is -2.34. The molecular formula is C26H25ClN5O4S+. The van der Waals surface area contributed by atoms with Crippen LogP contribution in [0.3, 0.4) is 0 Å². The molecule has 0 saturated carbocycles. The Kier molecular flexibility index (Phi) is 8.65. The van der Waals surface area contributed by atoms with Gasteiger partial charge < -0.3 is 14.6 Å². The van der Waals surface area contributed by atoms with Gasteiger partial charge in [0.25, 0.3) is 11.7 Å². The first kappa shape index (κ1) is 26.1. The Morgan fingerprint density at radius 1 is 1.19 bits per heavy atom. The predicted molar refractivity (Wildman–Crippen MR) is 143 cm³/mol. The maximum absolute atomic E-state index is 12.5. The zero-order valence-electron chi connectivity index (χ0n) is 20.1. The monoisotopic (exact) mass is 538 g/mol. The van der Waals surface area contributed by atoms with Gasteiger partial charge in [-0.2, -0.15) is 9.67 Å². The van der Waals surface area contributed by atoms with Gasteiger partial charge in [0.05, 0.1) is 36.3 Å². The molecule has 3 aromatic carbocycles. The number of thioether (sulfide) groups is 1. The van der Waals surface area contributed by atoms with Crippen molar-refractivity contribution in [3.05, 3.63) is 77.3 Å². The number of nitrogens with one attached hydrogen (secondary N) is 2. The van der Waals surface area contributed by atoms with E-state index in [2.05, 4.69) is 20.7 Å². The maximum Gasteiger partial charge on any atom is 0.342 e. The average molecular weight is 539 g/mol. The van der Waals surface area contributed by atoms with Gasteiger partial charge in [0.2, 0.25) is 0 Å². The summed E-state index contributed by atoms with van der Waals surface area (Å²) in [6.45, 7) is 2.51. The van der Waals surface area contributed by atoms with Crippen LogP contribution in [0, 0.1) is 0 Å². The van der Waals surface area contributed by atoms with Gasteiger partial charge in [-0.3, -0.25) is 4.79 Å². The Morgan fingerprint density at radius 2 is 1.95 bits per heavy atom. The number of phenols is 1. The van der Waals surface area contributed by atoms with Crippen LogP contribution in [0.1, 0.15) is 12.5 Å². The van der Waals surface area contributed by atoms with E-state index >= 15 is 0 Å². The van der Waals surface area contributed by atoms with Crippen molar-refractivity contribution in [1.29, 1.82) is 0 Å². The number of carbonyl (C=O) groups excluding carboxylic acids is 1. The van der Waals surface area contributed by atoms with Crippen molar-refractivity contribution in [2.45, 2.75) is 12.1 Å². The molecule has 0 bridgehead atoms. The number of nitrogens with zero attached hydrogens (tertiary/aromatic N) is 3. The summed E-state index contributed by atoms with van der Waals surface area (Å²) in [6.07, 6.45) is 1.47. The number of rotatable bonds is 10. The van der Waals surface area contributed by atoms with E-state index in [1.54, 1.807) is 12.1 Å². The molecular weight excluding hydrogens is 514 g/mol. The number of aromatic hydroxyl groups is 1. The first-order chi connectivity index (χ1) is 18.0. The van der Waals surface area contributed by atoms with Gasteiger partial charge in [-0.15, -0.1) is 5.10 Å². The molecule has 0 unspecified atom stereocenters. The number of hydrazone groups is 1. The number of halogens is 1. The fraction of sp³-hybridized carbons (Fsp3) is 0.154. The van der Waals surface area contributed by atoms with E-state index in [0.717, 1.165) is 22.8 Å². The van der Waals surface area contributed by atoms with Crippen LogP contribution in [0.15, 0.2) is 77.0 Å². The summed E-state index contributed by atoms with van der Waals surface area (Å²) in [6, 6.07) is 19.8. The summed E-state index contributed by atoms with van der Waals surface area (Å²) in [4.78, 5) is 12.5. The van der Waals surface area contributed by atoms with E-state index in [1.807, 2.05) is 60.0 Å². The van der Waals surface area contributed by atoms with E-state index in [0.29, 0.717) is 28.1 Å². The molecule has 4 rings (SSSR count). The molecule has 190 valence electrons. The molecule has 3 N–H and O–H groups in total. The standard InChI is InChI=1S/C26H24ClN5O4S/c1-3-36-21-11-9-20(10-12-21)32-25(18-5-7-19(27)8-6-18)30-31-26(32)37-16-24(34)29-28-15-17-4-13-22(33)23(14-17)35-2/h4-15H,3,16H2,1-2H3,(H2,28,29,33,34)/p+1. The smallest absolute Gasteiger partial charge is 0.342 e. The molecule has 9 nitrogen and oxygen atoms in total. The minimum atomic E-state index is -0.304. The number of amides is 1. The van der Waals surface area contributed by atoms with Gasteiger partial charge in [-0.05, 0) is 91.0 Å². The first-order valence-corrected chi connectivity index (χ1v) is 12.7. The van der Waals surface area contributed by atoms with Crippen LogP contribution in [0.5, 0.6) is 17.2 Å². The number of carbonyl (C=O) groups is 1. The van der Waals surface area contributed by atoms with E-state index in [4.69, 9.17) is 21.1 Å². The molecule has 0 aliphatic rings. The van der Waals surface area contributed by atoms with E-state index in [-0.39, 0.29) is 17.4 Å². The normalized spacial score (nSPS) is 11.0. The Bertz CT molecular complexity index is 1390. The van der Waals surface area contributed by atoms with Crippen LogP contribution >= 0.6 is 23.4 Å². The molecule has 0 aliphatic carbocycles. The van der Waals surface area contributed by atoms with E-state index in [9.17, 15) is 9.90 Å². The number of phenolic OH excluding ortho intramolecular Hbond substituents is 1. The molecule has 0 saturated heterocycles. The lowest BCUT2D eigenvalue weighted by Gasteiger charge is -2.07. The van der Waals surface area contributed by atoms with Gasteiger partial charge in [0, 0.05) is 5.02 Å². The number of aromatic nitrogens is 3. The highest BCUT2D eigenvalue weighted by Crippen LogP contribution is 2.26. The highest BCUT2D eigenvalue weighted by molar-refractivity contribution is 7.99. The highest BCUT2D eigenvalue weighted by atomic mass is 35.5. The van der Waals surface area contributed by atoms with Crippen molar-refractivity contribution in [2.24, 2.45) is 5.10 Å². The van der Waals surface area contributed by atoms with Crippen LogP contribution in [-0.2, 0) is 4.79 Å². The third kappa shape index (κ3) is 6.60. The number of hydrogen-bond donors (Lipinski definition) is 3. The Balaban J connectivity index is 1.50. The molecule has 1 aromatic heterocycles. The van der Waals surface area contributed by atoms with Crippen LogP contribution in [0.4, 0.5) is 0 Å². The lowest BCUT2D eigenvalue weighted by atomic mass is 10.2. The van der Waals surface area contributed by atoms with Crippen molar-refractivity contribution < 1.29 is 23.9 Å². The number of ether oxygens (including phenoxy) is 2. The Labute approximate surface area is 223 Å². The highest BCUT2D eigenvalue weighted by Gasteiger charge is 2.24. The SMILES string of the molecule is CCOc1ccc(-[n+]2c(SCC(=O)N/N=C/c3ccc(O)c(OC)c3)n[nH]c2-c2ccc(Cl)cc2)cc1. The maximum atomic E-state index is 12.5. The minimum Gasteiger partial charge on any atom is -0.504 e. The van der Waals surface area contributed by atoms with Crippen molar-refractivity contribution in [2.75, 3.05) is 19.5 Å². The minimum absolute atomic E-state index is 0.0258. The third-order valence-electron chi connectivity index (χ3n) is 5.13. The number of methoxy groups -OCH3 is 1.